The number of allylic oxidation sites excluding steroid dienone is 3. The lowest BCUT2D eigenvalue weighted by molar-refractivity contribution is -0.116. The van der Waals surface area contributed by atoms with Gasteiger partial charge in [-0.25, -0.2) is 0 Å². The van der Waals surface area contributed by atoms with Crippen LogP contribution in [0.3, 0.4) is 0 Å². The number of ether oxygens (including phenoxy) is 2. The Morgan fingerprint density at radius 1 is 1.09 bits per heavy atom. The van der Waals surface area contributed by atoms with Gasteiger partial charge in [-0.15, -0.1) is 0 Å². The minimum Gasteiger partial charge on any atom is -0.496 e. The second kappa shape index (κ2) is 9.43. The van der Waals surface area contributed by atoms with E-state index >= 15 is 0 Å². The average molecular weight is 511 g/mol. The normalized spacial score (nSPS) is 18.0. The molecule has 0 saturated heterocycles. The number of nitrogens with one attached hydrogen (secondary N) is 2. The highest BCUT2D eigenvalue weighted by Gasteiger charge is 2.40. The zero-order valence-corrected chi connectivity index (χ0v) is 20.8. The number of aryl methyl sites for hydroxylation is 1. The van der Waals surface area contributed by atoms with E-state index < -0.39 is 5.92 Å². The van der Waals surface area contributed by atoms with Gasteiger partial charge in [0.15, 0.2) is 5.78 Å². The Morgan fingerprint density at radius 2 is 1.82 bits per heavy atom. The molecule has 0 bridgehead atoms. The van der Waals surface area contributed by atoms with Crippen LogP contribution < -0.4 is 20.1 Å². The van der Waals surface area contributed by atoms with Gasteiger partial charge in [-0.2, -0.15) is 0 Å². The number of methoxy groups -OCH3 is 2. The van der Waals surface area contributed by atoms with Gasteiger partial charge >= 0.3 is 0 Å². The number of ketones is 1. The van der Waals surface area contributed by atoms with Crippen LogP contribution in [0.1, 0.15) is 43.2 Å². The van der Waals surface area contributed by atoms with Crippen molar-refractivity contribution in [2.75, 3.05) is 19.5 Å². The number of rotatable bonds is 5. The number of Topliss-reactive ketones (excluding diaryl/α,β-unsaturated/α-hetero) is 1. The molecule has 2 aromatic rings. The van der Waals surface area contributed by atoms with Crippen LogP contribution in [-0.4, -0.2) is 25.9 Å². The number of amides is 1. The molecule has 6 nitrogen and oxygen atoms in total. The third kappa shape index (κ3) is 4.29. The van der Waals surface area contributed by atoms with E-state index in [-0.39, 0.29) is 11.7 Å². The number of dihydropyridines is 1. The van der Waals surface area contributed by atoms with Gasteiger partial charge in [0.1, 0.15) is 11.5 Å². The highest BCUT2D eigenvalue weighted by Crippen LogP contribution is 2.47. The molecule has 1 heterocycles. The number of carbonyl (C=O) groups is 2. The summed E-state index contributed by atoms with van der Waals surface area (Å²) in [5, 5.41) is 6.40. The van der Waals surface area contributed by atoms with E-state index in [1.165, 1.54) is 0 Å². The van der Waals surface area contributed by atoms with Gasteiger partial charge in [0.05, 0.1) is 24.6 Å². The third-order valence-corrected chi connectivity index (χ3v) is 6.85. The molecule has 0 fully saturated rings. The predicted octanol–water partition coefficient (Wildman–Crippen LogP) is 5.38. The monoisotopic (exact) mass is 510 g/mol. The molecule has 2 N–H and O–H groups in total. The highest BCUT2D eigenvalue weighted by molar-refractivity contribution is 9.10. The molecule has 7 heteroatoms. The summed E-state index contributed by atoms with van der Waals surface area (Å²) in [6, 6.07) is 11.3. The summed E-state index contributed by atoms with van der Waals surface area (Å²) in [5.41, 5.74) is 5.14. The summed E-state index contributed by atoms with van der Waals surface area (Å²) < 4.78 is 12.0. The molecule has 0 spiro atoms. The van der Waals surface area contributed by atoms with Gasteiger partial charge in [-0.1, -0.05) is 18.2 Å². The van der Waals surface area contributed by atoms with Gasteiger partial charge in [-0.3, -0.25) is 9.59 Å². The minimum atomic E-state index is -0.574. The van der Waals surface area contributed by atoms with Crippen LogP contribution >= 0.6 is 15.9 Å². The molecular formula is C26H27BrN2O4. The van der Waals surface area contributed by atoms with Gasteiger partial charge in [0.25, 0.3) is 5.91 Å². The number of para-hydroxylation sites is 1. The SMILES string of the molecule is COc1cc([C@H]2C(C(=O)Nc3ccccc3C)=C(C)NC3=C2C(=O)CCC3)c(OC)cc1Br. The van der Waals surface area contributed by atoms with Crippen LogP contribution in [0.15, 0.2) is 63.4 Å². The van der Waals surface area contributed by atoms with Gasteiger partial charge < -0.3 is 20.1 Å². The first kappa shape index (κ1) is 23.1. The Bertz CT molecular complexity index is 1200. The van der Waals surface area contributed by atoms with Crippen LogP contribution in [0.2, 0.25) is 0 Å². The number of halogens is 1. The van der Waals surface area contributed by atoms with Crippen molar-refractivity contribution in [2.45, 2.75) is 39.0 Å². The van der Waals surface area contributed by atoms with Crippen molar-refractivity contribution in [3.63, 3.8) is 0 Å². The van der Waals surface area contributed by atoms with E-state index in [1.807, 2.05) is 50.2 Å². The number of anilines is 1. The van der Waals surface area contributed by atoms with Crippen molar-refractivity contribution in [3.05, 3.63) is 74.5 Å². The molecule has 1 atom stereocenters. The van der Waals surface area contributed by atoms with E-state index in [0.717, 1.165) is 45.5 Å². The Balaban J connectivity index is 1.89. The van der Waals surface area contributed by atoms with Gasteiger partial charge in [-0.05, 0) is 66.4 Å². The van der Waals surface area contributed by atoms with Crippen LogP contribution in [0, 0.1) is 6.92 Å². The van der Waals surface area contributed by atoms with Crippen molar-refractivity contribution < 1.29 is 19.1 Å². The second-order valence-corrected chi connectivity index (χ2v) is 9.12. The smallest absolute Gasteiger partial charge is 0.254 e. The largest absolute Gasteiger partial charge is 0.496 e. The molecule has 0 saturated carbocycles. The maximum absolute atomic E-state index is 13.7. The standard InChI is InChI=1S/C26H27BrN2O4/c1-14-8-5-6-9-18(14)29-26(31)23-15(2)28-19-10-7-11-20(30)25(19)24(23)16-12-22(33-4)17(27)13-21(16)32-3/h5-6,8-9,12-13,24,28H,7,10-11H2,1-4H3,(H,29,31)/t24-/m0/s1. The maximum atomic E-state index is 13.7. The number of benzene rings is 2. The fourth-order valence-electron chi connectivity index (χ4n) is 4.61. The molecule has 33 heavy (non-hydrogen) atoms. The topological polar surface area (TPSA) is 76.7 Å². The first-order chi connectivity index (χ1) is 15.8. The molecule has 1 amide bonds. The molecule has 4 rings (SSSR count). The Kier molecular flexibility index (Phi) is 6.61. The summed E-state index contributed by atoms with van der Waals surface area (Å²) in [7, 11) is 3.17. The molecule has 1 aliphatic heterocycles. The second-order valence-electron chi connectivity index (χ2n) is 8.26. The van der Waals surface area contributed by atoms with Crippen molar-refractivity contribution in [1.29, 1.82) is 0 Å². The van der Waals surface area contributed by atoms with Crippen LogP contribution in [0.25, 0.3) is 0 Å². The number of hydrogen-bond acceptors (Lipinski definition) is 5. The predicted molar refractivity (Wildman–Crippen MR) is 132 cm³/mol. The van der Waals surface area contributed by atoms with E-state index in [4.69, 9.17) is 9.47 Å². The Hall–Kier alpha value is -3.06. The lowest BCUT2D eigenvalue weighted by Crippen LogP contribution is -2.35. The number of carbonyl (C=O) groups excluding carboxylic acids is 2. The van der Waals surface area contributed by atoms with Crippen molar-refractivity contribution >= 4 is 33.3 Å². The molecular weight excluding hydrogens is 484 g/mol. The fraction of sp³-hybridized carbons (Fsp3) is 0.308. The summed E-state index contributed by atoms with van der Waals surface area (Å²) >= 11 is 3.51. The summed E-state index contributed by atoms with van der Waals surface area (Å²) in [4.78, 5) is 26.9. The molecule has 172 valence electrons. The summed E-state index contributed by atoms with van der Waals surface area (Å²) in [6.07, 6.45) is 2.01. The van der Waals surface area contributed by atoms with E-state index in [0.29, 0.717) is 29.1 Å². The quantitative estimate of drug-likeness (QED) is 0.564. The lowest BCUT2D eigenvalue weighted by atomic mass is 9.74. The zero-order chi connectivity index (χ0) is 23.7. The average Bonchev–Trinajstić information content (AvgIpc) is 2.79. The van der Waals surface area contributed by atoms with E-state index in [9.17, 15) is 9.59 Å². The van der Waals surface area contributed by atoms with Crippen molar-refractivity contribution in [3.8, 4) is 11.5 Å². The fourth-order valence-corrected chi connectivity index (χ4v) is 5.09. The minimum absolute atomic E-state index is 0.0476. The van der Waals surface area contributed by atoms with Crippen molar-refractivity contribution in [1.82, 2.24) is 5.32 Å². The molecule has 0 aromatic heterocycles. The van der Waals surface area contributed by atoms with Crippen LogP contribution in [-0.2, 0) is 9.59 Å². The highest BCUT2D eigenvalue weighted by atomic mass is 79.9. The maximum Gasteiger partial charge on any atom is 0.254 e. The zero-order valence-electron chi connectivity index (χ0n) is 19.2. The first-order valence-corrected chi connectivity index (χ1v) is 11.7. The first-order valence-electron chi connectivity index (χ1n) is 10.9. The Morgan fingerprint density at radius 3 is 2.52 bits per heavy atom. The molecule has 2 aromatic carbocycles. The van der Waals surface area contributed by atoms with E-state index in [1.54, 1.807) is 14.2 Å². The summed E-state index contributed by atoms with van der Waals surface area (Å²) in [6.45, 7) is 3.83. The third-order valence-electron chi connectivity index (χ3n) is 6.23. The lowest BCUT2D eigenvalue weighted by Gasteiger charge is -2.35. The van der Waals surface area contributed by atoms with Gasteiger partial charge in [0, 0.05) is 40.2 Å². The summed E-state index contributed by atoms with van der Waals surface area (Å²) in [5.74, 6) is 0.398. The molecule has 1 aliphatic carbocycles. The number of hydrogen-bond donors (Lipinski definition) is 2. The molecule has 2 aliphatic rings. The molecule has 0 radical (unpaired) electrons. The van der Waals surface area contributed by atoms with Gasteiger partial charge in [0.2, 0.25) is 0 Å². The van der Waals surface area contributed by atoms with E-state index in [2.05, 4.69) is 26.6 Å². The van der Waals surface area contributed by atoms with Crippen molar-refractivity contribution in [2.24, 2.45) is 0 Å². The van der Waals surface area contributed by atoms with Crippen LogP contribution in [0.4, 0.5) is 5.69 Å². The Labute approximate surface area is 202 Å². The molecule has 0 unspecified atom stereocenters. The van der Waals surface area contributed by atoms with Crippen LogP contribution in [0.5, 0.6) is 11.5 Å².